The number of unbranched alkanes of at least 4 members (excludes halogenated alkanes) is 1. The molecule has 0 saturated carbocycles. The van der Waals surface area contributed by atoms with Gasteiger partial charge in [-0.1, -0.05) is 18.2 Å². The van der Waals surface area contributed by atoms with Gasteiger partial charge in [0.2, 0.25) is 0 Å². The fourth-order valence-electron chi connectivity index (χ4n) is 1.23. The molecule has 1 rings (SSSR count). The summed E-state index contributed by atoms with van der Waals surface area (Å²) >= 11 is 0. The minimum absolute atomic E-state index is 0.772. The zero-order valence-corrected chi connectivity index (χ0v) is 8.75. The first-order valence-corrected chi connectivity index (χ1v) is 5.03. The van der Waals surface area contributed by atoms with Gasteiger partial charge in [0, 0.05) is 0 Å². The smallest absolute Gasteiger partial charge is 0.122 e. The van der Waals surface area contributed by atoms with E-state index in [0.29, 0.717) is 0 Å². The van der Waals surface area contributed by atoms with Crippen molar-refractivity contribution in [1.29, 1.82) is 0 Å². The highest BCUT2D eigenvalue weighted by Gasteiger charge is 1.96. The molecule has 2 nitrogen and oxygen atoms in total. The van der Waals surface area contributed by atoms with E-state index in [2.05, 4.69) is 12.2 Å². The van der Waals surface area contributed by atoms with Gasteiger partial charge >= 0.3 is 0 Å². The van der Waals surface area contributed by atoms with E-state index in [9.17, 15) is 0 Å². The van der Waals surface area contributed by atoms with Gasteiger partial charge < -0.3 is 10.1 Å². The minimum Gasteiger partial charge on any atom is -0.493 e. The number of rotatable bonds is 6. The van der Waals surface area contributed by atoms with E-state index in [1.54, 1.807) is 0 Å². The van der Waals surface area contributed by atoms with Crippen LogP contribution in [0, 0.1) is 6.92 Å². The maximum absolute atomic E-state index is 5.59. The number of benzene rings is 1. The summed E-state index contributed by atoms with van der Waals surface area (Å²) in [6.45, 7) is 5.72. The molecule has 0 aliphatic heterocycles. The van der Waals surface area contributed by atoms with E-state index < -0.39 is 0 Å². The summed E-state index contributed by atoms with van der Waals surface area (Å²) < 4.78 is 5.59. The Hall–Kier alpha value is -1.02. The van der Waals surface area contributed by atoms with Crippen molar-refractivity contribution in [3.63, 3.8) is 0 Å². The summed E-state index contributed by atoms with van der Waals surface area (Å²) in [5.41, 5.74) is 0.959. The molecule has 77 valence electrons. The summed E-state index contributed by atoms with van der Waals surface area (Å²) in [6, 6.07) is 7.86. The predicted molar refractivity (Wildman–Crippen MR) is 59.6 cm³/mol. The summed E-state index contributed by atoms with van der Waals surface area (Å²) in [4.78, 5) is 0. The van der Waals surface area contributed by atoms with Crippen LogP contribution in [0.5, 0.6) is 5.75 Å². The van der Waals surface area contributed by atoms with Crippen molar-refractivity contribution >= 4 is 0 Å². The molecule has 1 radical (unpaired) electrons. The molecule has 14 heavy (non-hydrogen) atoms. The van der Waals surface area contributed by atoms with E-state index in [1.807, 2.05) is 31.3 Å². The van der Waals surface area contributed by atoms with Crippen LogP contribution in [0.25, 0.3) is 0 Å². The molecule has 0 atom stereocenters. The summed E-state index contributed by atoms with van der Waals surface area (Å²) in [7, 11) is 1.96. The van der Waals surface area contributed by atoms with Crippen molar-refractivity contribution in [3.05, 3.63) is 36.8 Å². The first-order chi connectivity index (χ1) is 6.84. The average Bonchev–Trinajstić information content (AvgIpc) is 2.20. The predicted octanol–water partition coefficient (Wildman–Crippen LogP) is 2.25. The van der Waals surface area contributed by atoms with Crippen LogP contribution in [0.1, 0.15) is 18.4 Å². The normalized spacial score (nSPS) is 10.1. The summed E-state index contributed by atoms with van der Waals surface area (Å²) in [6.07, 6.45) is 2.23. The molecule has 0 spiro atoms. The lowest BCUT2D eigenvalue weighted by Crippen LogP contribution is -2.09. The van der Waals surface area contributed by atoms with Gasteiger partial charge in [-0.3, -0.25) is 0 Å². The number of ether oxygens (including phenoxy) is 1. The molecule has 1 N–H and O–H groups in total. The fraction of sp³-hybridized carbons (Fsp3) is 0.417. The first-order valence-electron chi connectivity index (χ1n) is 5.03. The van der Waals surface area contributed by atoms with Crippen molar-refractivity contribution in [2.45, 2.75) is 12.8 Å². The first kappa shape index (κ1) is 11.1. The molecule has 0 fully saturated rings. The Morgan fingerprint density at radius 3 is 2.79 bits per heavy atom. The van der Waals surface area contributed by atoms with Crippen molar-refractivity contribution < 1.29 is 4.74 Å². The van der Waals surface area contributed by atoms with Crippen LogP contribution in [0.2, 0.25) is 0 Å². The number of hydrogen-bond donors (Lipinski definition) is 1. The molecule has 0 heterocycles. The Bertz CT molecular complexity index is 260. The molecular formula is C12H18NO. The Balaban J connectivity index is 2.21. The standard InChI is InChI=1S/C12H18NO/c1-11-7-3-4-8-12(11)14-10-6-5-9-13-2/h3-4,7-8,13H,1,5-6,9-10H2,2H3. The molecule has 2 heteroatoms. The number of para-hydroxylation sites is 1. The lowest BCUT2D eigenvalue weighted by atomic mass is 10.2. The molecule has 1 aromatic carbocycles. The second-order valence-electron chi connectivity index (χ2n) is 3.27. The molecule has 0 unspecified atom stereocenters. The van der Waals surface area contributed by atoms with Crippen LogP contribution in [-0.2, 0) is 0 Å². The van der Waals surface area contributed by atoms with Gasteiger partial charge in [0.15, 0.2) is 0 Å². The van der Waals surface area contributed by atoms with E-state index >= 15 is 0 Å². The second-order valence-corrected chi connectivity index (χ2v) is 3.27. The van der Waals surface area contributed by atoms with Crippen molar-refractivity contribution in [2.24, 2.45) is 0 Å². The Labute approximate surface area is 86.3 Å². The fourth-order valence-corrected chi connectivity index (χ4v) is 1.23. The van der Waals surface area contributed by atoms with Crippen LogP contribution >= 0.6 is 0 Å². The summed E-state index contributed by atoms with van der Waals surface area (Å²) in [5, 5.41) is 3.11. The van der Waals surface area contributed by atoms with E-state index in [0.717, 1.165) is 37.3 Å². The lowest BCUT2D eigenvalue weighted by molar-refractivity contribution is 0.305. The van der Waals surface area contributed by atoms with Gasteiger partial charge in [-0.15, -0.1) is 0 Å². The molecular weight excluding hydrogens is 174 g/mol. The lowest BCUT2D eigenvalue weighted by Gasteiger charge is -2.08. The quantitative estimate of drug-likeness (QED) is 0.698. The molecule has 0 bridgehead atoms. The van der Waals surface area contributed by atoms with E-state index in [1.165, 1.54) is 0 Å². The van der Waals surface area contributed by atoms with Gasteiger partial charge in [0.25, 0.3) is 0 Å². The highest BCUT2D eigenvalue weighted by atomic mass is 16.5. The van der Waals surface area contributed by atoms with Crippen LogP contribution in [-0.4, -0.2) is 20.2 Å². The van der Waals surface area contributed by atoms with Crippen LogP contribution in [0.15, 0.2) is 24.3 Å². The number of hydrogen-bond acceptors (Lipinski definition) is 2. The van der Waals surface area contributed by atoms with Crippen LogP contribution in [0.4, 0.5) is 0 Å². The molecule has 0 aromatic heterocycles. The highest BCUT2D eigenvalue weighted by molar-refractivity contribution is 5.35. The third kappa shape index (κ3) is 3.79. The second kappa shape index (κ2) is 6.44. The van der Waals surface area contributed by atoms with Gasteiger partial charge in [-0.2, -0.15) is 0 Å². The summed E-state index contributed by atoms with van der Waals surface area (Å²) in [5.74, 6) is 0.900. The van der Waals surface area contributed by atoms with Crippen molar-refractivity contribution in [1.82, 2.24) is 5.32 Å². The zero-order valence-electron chi connectivity index (χ0n) is 8.75. The molecule has 0 saturated heterocycles. The van der Waals surface area contributed by atoms with E-state index in [-0.39, 0.29) is 0 Å². The molecule has 0 aliphatic carbocycles. The van der Waals surface area contributed by atoms with Gasteiger partial charge in [0.1, 0.15) is 5.75 Å². The van der Waals surface area contributed by atoms with Gasteiger partial charge in [-0.25, -0.2) is 0 Å². The molecule has 0 aliphatic rings. The average molecular weight is 192 g/mol. The van der Waals surface area contributed by atoms with Crippen molar-refractivity contribution in [3.8, 4) is 5.75 Å². The van der Waals surface area contributed by atoms with Crippen LogP contribution in [0.3, 0.4) is 0 Å². The monoisotopic (exact) mass is 192 g/mol. The molecule has 0 amide bonds. The third-order valence-electron chi connectivity index (χ3n) is 2.05. The maximum Gasteiger partial charge on any atom is 0.122 e. The minimum atomic E-state index is 0.772. The Morgan fingerprint density at radius 2 is 2.07 bits per heavy atom. The topological polar surface area (TPSA) is 21.3 Å². The SMILES string of the molecule is [CH2]c1ccccc1OCCCCNC. The molecule has 1 aromatic rings. The van der Waals surface area contributed by atoms with Gasteiger partial charge in [-0.05, 0) is 45.0 Å². The largest absolute Gasteiger partial charge is 0.493 e. The Kier molecular flexibility index (Phi) is 5.08. The number of nitrogens with one attached hydrogen (secondary N) is 1. The highest BCUT2D eigenvalue weighted by Crippen LogP contribution is 2.16. The van der Waals surface area contributed by atoms with E-state index in [4.69, 9.17) is 4.74 Å². The third-order valence-corrected chi connectivity index (χ3v) is 2.05. The maximum atomic E-state index is 5.59. The van der Waals surface area contributed by atoms with Gasteiger partial charge in [0.05, 0.1) is 6.61 Å². The zero-order chi connectivity index (χ0) is 10.2. The van der Waals surface area contributed by atoms with Crippen molar-refractivity contribution in [2.75, 3.05) is 20.2 Å². The van der Waals surface area contributed by atoms with Crippen LogP contribution < -0.4 is 10.1 Å². The Morgan fingerprint density at radius 1 is 1.29 bits per heavy atom.